The number of amides is 3. The van der Waals surface area contributed by atoms with Crippen LogP contribution in [-0.2, 0) is 13.1 Å². The molecule has 170 valence electrons. The number of aromatic nitrogens is 2. The van der Waals surface area contributed by atoms with E-state index in [0.717, 1.165) is 0 Å². The molecule has 3 aliphatic rings. The van der Waals surface area contributed by atoms with E-state index in [1.165, 1.54) is 17.0 Å². The van der Waals surface area contributed by atoms with E-state index >= 15 is 0 Å². The quantitative estimate of drug-likeness (QED) is 0.757. The maximum Gasteiger partial charge on any atom is 0.318 e. The van der Waals surface area contributed by atoms with Crippen molar-refractivity contribution in [3.8, 4) is 11.3 Å². The molecule has 2 saturated carbocycles. The minimum absolute atomic E-state index is 0.106. The number of hydrogen-bond donors (Lipinski definition) is 2. The summed E-state index contributed by atoms with van der Waals surface area (Å²) in [4.78, 5) is 26.7. The molecule has 0 saturated heterocycles. The van der Waals surface area contributed by atoms with E-state index in [1.54, 1.807) is 24.6 Å². The molecular weight excluding hydrogens is 423 g/mol. The van der Waals surface area contributed by atoms with E-state index in [4.69, 9.17) is 5.73 Å². The monoisotopic (exact) mass is 447 g/mol. The van der Waals surface area contributed by atoms with Gasteiger partial charge in [0, 0.05) is 29.5 Å². The molecule has 0 bridgehead atoms. The second-order valence-electron chi connectivity index (χ2n) is 9.65. The molecule has 1 aliphatic heterocycles. The van der Waals surface area contributed by atoms with Crippen molar-refractivity contribution < 1.29 is 22.8 Å². The number of nitrogens with two attached hydrogens (primary N) is 1. The number of benzene rings is 1. The number of primary amides is 1. The first-order valence-corrected chi connectivity index (χ1v) is 10.5. The first kappa shape index (κ1) is 20.8. The van der Waals surface area contributed by atoms with Gasteiger partial charge >= 0.3 is 6.03 Å². The van der Waals surface area contributed by atoms with Crippen LogP contribution in [0.1, 0.15) is 47.8 Å². The number of aryl methyl sites for hydroxylation is 1. The van der Waals surface area contributed by atoms with Crippen LogP contribution < -0.4 is 11.1 Å². The summed E-state index contributed by atoms with van der Waals surface area (Å²) in [6, 6.07) is 4.08. The lowest BCUT2D eigenvalue weighted by Gasteiger charge is -2.47. The SMILES string of the molecule is Cc1cc(-c2nn3c(c2C(N)=O)CN(C(=O)NC2(C)CC4(C2)CC4(F)F)CC3)ccc1F. The van der Waals surface area contributed by atoms with E-state index in [9.17, 15) is 22.8 Å². The van der Waals surface area contributed by atoms with Crippen molar-refractivity contribution in [1.82, 2.24) is 20.0 Å². The Hall–Kier alpha value is -3.04. The molecule has 0 radical (unpaired) electrons. The summed E-state index contributed by atoms with van der Waals surface area (Å²) < 4.78 is 42.4. The molecule has 5 rings (SSSR count). The molecule has 0 atom stereocenters. The summed E-state index contributed by atoms with van der Waals surface area (Å²) in [7, 11) is 0. The zero-order valence-corrected chi connectivity index (χ0v) is 17.8. The van der Waals surface area contributed by atoms with Crippen LogP contribution in [0, 0.1) is 18.2 Å². The van der Waals surface area contributed by atoms with Crippen LogP contribution in [0.4, 0.5) is 18.0 Å². The van der Waals surface area contributed by atoms with Gasteiger partial charge in [-0.1, -0.05) is 0 Å². The van der Waals surface area contributed by atoms with Crippen molar-refractivity contribution in [3.05, 3.63) is 40.8 Å². The van der Waals surface area contributed by atoms with Gasteiger partial charge in [-0.3, -0.25) is 9.48 Å². The molecular formula is C22H24F3N5O2. The number of carbonyl (C=O) groups is 2. The Kier molecular flexibility index (Phi) is 4.23. The van der Waals surface area contributed by atoms with E-state index < -0.39 is 22.8 Å². The predicted molar refractivity (Wildman–Crippen MR) is 109 cm³/mol. The number of hydrogen-bond acceptors (Lipinski definition) is 3. The van der Waals surface area contributed by atoms with Crippen LogP contribution in [-0.4, -0.2) is 44.6 Å². The van der Waals surface area contributed by atoms with Crippen molar-refractivity contribution in [2.75, 3.05) is 6.54 Å². The van der Waals surface area contributed by atoms with Crippen LogP contribution in [0.5, 0.6) is 0 Å². The molecule has 2 aliphatic carbocycles. The standard InChI is InChI=1S/C22H24F3N5O2/c1-12-7-13(3-4-14(12)23)17-16(18(26)31)15-8-29(5-6-30(15)28-17)19(32)27-20(2)9-21(10-20)11-22(21,24)25/h3-4,7H,5-6,8-11H2,1-2H3,(H2,26,31)(H,27,32). The Labute approximate surface area is 182 Å². The molecule has 1 aromatic heterocycles. The van der Waals surface area contributed by atoms with Gasteiger partial charge in [0.05, 0.1) is 24.3 Å². The van der Waals surface area contributed by atoms with Gasteiger partial charge in [-0.15, -0.1) is 0 Å². The lowest BCUT2D eigenvalue weighted by molar-refractivity contribution is -0.0158. The maximum atomic E-state index is 13.7. The van der Waals surface area contributed by atoms with Gasteiger partial charge in [0.15, 0.2) is 0 Å². The smallest absolute Gasteiger partial charge is 0.318 e. The lowest BCUT2D eigenvalue weighted by atomic mass is 9.66. The molecule has 10 heteroatoms. The number of halogens is 3. The Balaban J connectivity index is 1.36. The fourth-order valence-corrected chi connectivity index (χ4v) is 5.38. The summed E-state index contributed by atoms with van der Waals surface area (Å²) in [5.41, 5.74) is 6.05. The number of rotatable bonds is 3. The van der Waals surface area contributed by atoms with Gasteiger partial charge < -0.3 is 16.0 Å². The third kappa shape index (κ3) is 3.07. The van der Waals surface area contributed by atoms with Crippen LogP contribution in [0.2, 0.25) is 0 Å². The van der Waals surface area contributed by atoms with Gasteiger partial charge in [-0.2, -0.15) is 5.10 Å². The zero-order chi connectivity index (χ0) is 23.1. The maximum absolute atomic E-state index is 13.7. The van der Waals surface area contributed by atoms with Crippen molar-refractivity contribution in [2.45, 2.75) is 57.7 Å². The second kappa shape index (κ2) is 6.49. The van der Waals surface area contributed by atoms with Gasteiger partial charge in [-0.25, -0.2) is 18.0 Å². The number of nitrogens with zero attached hydrogens (tertiary/aromatic N) is 3. The normalized spacial score (nSPS) is 27.6. The summed E-state index contributed by atoms with van der Waals surface area (Å²) in [6.07, 6.45) is 0.401. The fourth-order valence-electron chi connectivity index (χ4n) is 5.38. The second-order valence-corrected chi connectivity index (χ2v) is 9.65. The van der Waals surface area contributed by atoms with Crippen LogP contribution in [0.25, 0.3) is 11.3 Å². The third-order valence-corrected chi connectivity index (χ3v) is 7.02. The van der Waals surface area contributed by atoms with E-state index in [1.807, 2.05) is 0 Å². The number of alkyl halides is 2. The van der Waals surface area contributed by atoms with E-state index in [0.29, 0.717) is 35.6 Å². The topological polar surface area (TPSA) is 93.2 Å². The predicted octanol–water partition coefficient (Wildman–Crippen LogP) is 3.20. The van der Waals surface area contributed by atoms with Gasteiger partial charge in [0.1, 0.15) is 11.5 Å². The zero-order valence-electron chi connectivity index (χ0n) is 17.8. The molecule has 2 aromatic rings. The average molecular weight is 447 g/mol. The summed E-state index contributed by atoms with van der Waals surface area (Å²) >= 11 is 0. The molecule has 2 fully saturated rings. The van der Waals surface area contributed by atoms with Crippen molar-refractivity contribution in [3.63, 3.8) is 0 Å². The minimum Gasteiger partial charge on any atom is -0.365 e. The molecule has 0 unspecified atom stereocenters. The van der Waals surface area contributed by atoms with Crippen LogP contribution in [0.15, 0.2) is 18.2 Å². The van der Waals surface area contributed by atoms with Crippen LogP contribution >= 0.6 is 0 Å². The van der Waals surface area contributed by atoms with E-state index in [2.05, 4.69) is 10.4 Å². The summed E-state index contributed by atoms with van der Waals surface area (Å²) in [6.45, 7) is 4.20. The molecule has 3 N–H and O–H groups in total. The Bertz CT molecular complexity index is 1150. The van der Waals surface area contributed by atoms with Crippen molar-refractivity contribution >= 4 is 11.9 Å². The molecule has 1 spiro atoms. The molecule has 3 amide bonds. The van der Waals surface area contributed by atoms with Gasteiger partial charge in [-0.05, 0) is 50.5 Å². The molecule has 32 heavy (non-hydrogen) atoms. The average Bonchev–Trinajstić information content (AvgIpc) is 3.06. The summed E-state index contributed by atoms with van der Waals surface area (Å²) in [5.74, 6) is -3.67. The number of nitrogens with one attached hydrogen (secondary N) is 1. The molecule has 7 nitrogen and oxygen atoms in total. The number of urea groups is 1. The minimum atomic E-state index is -2.62. The highest BCUT2D eigenvalue weighted by atomic mass is 19.3. The third-order valence-electron chi connectivity index (χ3n) is 7.02. The largest absolute Gasteiger partial charge is 0.365 e. The van der Waals surface area contributed by atoms with Crippen molar-refractivity contribution in [2.24, 2.45) is 11.1 Å². The first-order valence-electron chi connectivity index (χ1n) is 10.5. The van der Waals surface area contributed by atoms with E-state index in [-0.39, 0.29) is 43.2 Å². The summed E-state index contributed by atoms with van der Waals surface area (Å²) in [5, 5.41) is 7.40. The molecule has 2 heterocycles. The highest BCUT2D eigenvalue weighted by Crippen LogP contribution is 2.73. The highest BCUT2D eigenvalue weighted by molar-refractivity contribution is 6.00. The Morgan fingerprint density at radius 1 is 1.19 bits per heavy atom. The Morgan fingerprint density at radius 3 is 2.47 bits per heavy atom. The number of fused-ring (bicyclic) bond motifs is 1. The first-order chi connectivity index (χ1) is 14.9. The van der Waals surface area contributed by atoms with Gasteiger partial charge in [0.25, 0.3) is 11.8 Å². The highest BCUT2D eigenvalue weighted by Gasteiger charge is 2.78. The van der Waals surface area contributed by atoms with Crippen molar-refractivity contribution in [1.29, 1.82) is 0 Å². The molecule has 1 aromatic carbocycles. The van der Waals surface area contributed by atoms with Gasteiger partial charge in [0.2, 0.25) is 0 Å². The lowest BCUT2D eigenvalue weighted by Crippen LogP contribution is -2.60. The Morgan fingerprint density at radius 2 is 1.88 bits per heavy atom. The fraction of sp³-hybridized carbons (Fsp3) is 0.500. The van der Waals surface area contributed by atoms with Crippen LogP contribution in [0.3, 0.4) is 0 Å². The number of carbonyl (C=O) groups excluding carboxylic acids is 2.